The largest absolute Gasteiger partial charge is 0.358 e. The van der Waals surface area contributed by atoms with E-state index >= 15 is 0 Å². The van der Waals surface area contributed by atoms with Gasteiger partial charge in [-0.3, -0.25) is 0 Å². The van der Waals surface area contributed by atoms with Crippen LogP contribution in [0.5, 0.6) is 0 Å². The average molecular weight is 463 g/mol. The van der Waals surface area contributed by atoms with Crippen LogP contribution in [0.2, 0.25) is 0 Å². The van der Waals surface area contributed by atoms with Crippen LogP contribution in [0, 0.1) is 59.4 Å². The van der Waals surface area contributed by atoms with Crippen molar-refractivity contribution in [2.75, 3.05) is 0 Å². The molecule has 0 aliphatic heterocycles. The molecule has 2 heteroatoms. The summed E-state index contributed by atoms with van der Waals surface area (Å²) < 4.78 is 0. The summed E-state index contributed by atoms with van der Waals surface area (Å²) in [4.78, 5) is 0. The number of benzene rings is 1. The monoisotopic (exact) mass is 463 g/mol. The quantitative estimate of drug-likeness (QED) is 0.592. The first kappa shape index (κ1) is 20.1. The average Bonchev–Trinajstić information content (AvgIpc) is 1.88. The van der Waals surface area contributed by atoms with Gasteiger partial charge in [-0.2, -0.15) is 24.6 Å². The van der Waals surface area contributed by atoms with E-state index in [4.69, 9.17) is 0 Å². The van der Waals surface area contributed by atoms with Crippen molar-refractivity contribution in [1.82, 2.24) is 0 Å². The van der Waals surface area contributed by atoms with Crippen LogP contribution in [0.1, 0.15) is 24.5 Å². The van der Waals surface area contributed by atoms with E-state index in [0.717, 1.165) is 5.56 Å². The van der Waals surface area contributed by atoms with Crippen LogP contribution in [0.15, 0.2) is 24.3 Å². The molecule has 0 aromatic heterocycles. The van der Waals surface area contributed by atoms with E-state index in [2.05, 4.69) is 32.0 Å². The number of aryl methyl sites for hydroxylation is 1. The molecule has 1 rings (SSSR count). The maximum Gasteiger partial charge on any atom is 0 e. The molecule has 0 spiro atoms. The van der Waals surface area contributed by atoms with Crippen LogP contribution in [0.25, 0.3) is 0 Å². The summed E-state index contributed by atoms with van der Waals surface area (Å²) in [5.41, 5.74) is 2.51. The minimum absolute atomic E-state index is 0. The molecule has 3 radical (unpaired) electrons. The zero-order valence-electron chi connectivity index (χ0n) is 8.72. The van der Waals surface area contributed by atoms with E-state index in [1.165, 1.54) is 18.4 Å². The molecule has 13 heavy (non-hydrogen) atoms. The third-order valence-corrected chi connectivity index (χ3v) is 1.53. The summed E-state index contributed by atoms with van der Waals surface area (Å²) in [5, 5.41) is 0. The number of hydrogen-bond donors (Lipinski definition) is 0. The van der Waals surface area contributed by atoms with Gasteiger partial charge in [0.25, 0.3) is 0 Å². The van der Waals surface area contributed by atoms with Crippen molar-refractivity contribution in [3.63, 3.8) is 0 Å². The second-order valence-corrected chi connectivity index (χ2v) is 2.57. The Bertz CT molecular complexity index is 211. The van der Waals surface area contributed by atoms with E-state index in [1.807, 2.05) is 6.07 Å². The third-order valence-electron chi connectivity index (χ3n) is 1.53. The number of hydrogen-bond acceptors (Lipinski definition) is 0. The molecule has 0 atom stereocenters. The Balaban J connectivity index is -0.000000333. The molecule has 0 heterocycles. The molecule has 0 bridgehead atoms. The van der Waals surface area contributed by atoms with Gasteiger partial charge >= 0.3 is 0 Å². The van der Waals surface area contributed by atoms with Crippen molar-refractivity contribution in [1.29, 1.82) is 0 Å². The molecule has 67 valence electrons. The fourth-order valence-corrected chi connectivity index (χ4v) is 1.07. The fourth-order valence-electron chi connectivity index (χ4n) is 1.07. The van der Waals surface area contributed by atoms with Crippen LogP contribution >= 0.6 is 0 Å². The minimum atomic E-state index is 0. The van der Waals surface area contributed by atoms with Crippen LogP contribution in [0.3, 0.4) is 0 Å². The zero-order valence-corrected chi connectivity index (χ0v) is 17.4. The topological polar surface area (TPSA) is 0 Å². The molecule has 0 fully saturated rings. The van der Waals surface area contributed by atoms with Crippen LogP contribution in [-0.4, -0.2) is 0 Å². The predicted octanol–water partition coefficient (Wildman–Crippen LogP) is 3.27. The predicted molar refractivity (Wildman–Crippen MR) is 51.3 cm³/mol. The van der Waals surface area contributed by atoms with Crippen molar-refractivity contribution >= 4 is 0 Å². The molecular weight excluding hydrogens is 447 g/mol. The van der Waals surface area contributed by atoms with Crippen molar-refractivity contribution in [3.05, 3.63) is 49.7 Å². The molecule has 0 N–H and O–H groups in total. The summed E-state index contributed by atoms with van der Waals surface area (Å²) in [6.07, 6.45) is 2.38. The van der Waals surface area contributed by atoms with E-state index in [-0.39, 0.29) is 85.1 Å². The Kier molecular flexibility index (Phi) is 18.2. The Morgan fingerprint density at radius 1 is 1.31 bits per heavy atom. The summed E-state index contributed by atoms with van der Waals surface area (Å²) in [6.45, 7) is 6.05. The molecular formula is C11H16RaY-2. The van der Waals surface area contributed by atoms with Gasteiger partial charge in [-0.15, -0.1) is 11.6 Å². The van der Waals surface area contributed by atoms with Crippen molar-refractivity contribution < 1.29 is 77.7 Å². The van der Waals surface area contributed by atoms with E-state index in [1.54, 1.807) is 0 Å². The SMILES string of the molecule is [CH2-]c1cccc(CCC)c1.[CH3-].[Ra].[Y]. The Hall–Kier alpha value is 1.66. The van der Waals surface area contributed by atoms with Gasteiger partial charge in [-0.25, -0.2) is 0 Å². The van der Waals surface area contributed by atoms with Gasteiger partial charge in [0.2, 0.25) is 0 Å². The Morgan fingerprint density at radius 2 is 1.92 bits per heavy atom. The molecule has 0 unspecified atom stereocenters. The molecule has 1 aromatic carbocycles. The first-order valence-corrected chi connectivity index (χ1v) is 3.74. The Morgan fingerprint density at radius 3 is 2.38 bits per heavy atom. The maximum atomic E-state index is 3.86. The summed E-state index contributed by atoms with van der Waals surface area (Å²) in [6, 6.07) is 8.38. The van der Waals surface area contributed by atoms with Gasteiger partial charge in [0.05, 0.1) is 0 Å². The smallest absolute Gasteiger partial charge is 0 e. The maximum absolute atomic E-state index is 3.86. The van der Waals surface area contributed by atoms with Gasteiger partial charge in [-0.05, 0) is 6.42 Å². The van der Waals surface area contributed by atoms with Crippen LogP contribution in [0.4, 0.5) is 0 Å². The van der Waals surface area contributed by atoms with Gasteiger partial charge in [0.15, 0.2) is 0 Å². The molecule has 1 aromatic rings. The fraction of sp³-hybridized carbons (Fsp3) is 0.273. The van der Waals surface area contributed by atoms with Crippen molar-refractivity contribution in [2.24, 2.45) is 0 Å². The summed E-state index contributed by atoms with van der Waals surface area (Å²) in [7, 11) is 0. The molecule has 0 saturated heterocycles. The van der Waals surface area contributed by atoms with Gasteiger partial charge in [0.1, 0.15) is 0 Å². The first-order chi connectivity index (χ1) is 4.83. The van der Waals surface area contributed by atoms with Crippen LogP contribution < -0.4 is 0 Å². The molecule has 0 nitrogen and oxygen atoms in total. The standard InChI is InChI=1S/C10H13.CH3.Ra.Y/c1-3-5-10-7-4-6-9(2)8-10;;;/h4,6-8H,2-3,5H2,1H3;1H3;;/q2*-1;;. The normalized spacial score (nSPS) is 7.46. The van der Waals surface area contributed by atoms with Gasteiger partial charge in [-0.1, -0.05) is 19.4 Å². The molecule has 0 saturated carbocycles. The zero-order chi connectivity index (χ0) is 7.40. The van der Waals surface area contributed by atoms with Gasteiger partial charge in [0, 0.05) is 77.7 Å². The summed E-state index contributed by atoms with van der Waals surface area (Å²) >= 11 is 0. The molecule has 0 amide bonds. The summed E-state index contributed by atoms with van der Waals surface area (Å²) in [5.74, 6) is 0. The second kappa shape index (κ2) is 11.7. The van der Waals surface area contributed by atoms with Gasteiger partial charge < -0.3 is 7.43 Å². The van der Waals surface area contributed by atoms with Crippen LogP contribution in [-0.2, 0) is 39.1 Å². The molecule has 0 aliphatic carbocycles. The van der Waals surface area contributed by atoms with E-state index in [9.17, 15) is 0 Å². The first-order valence-electron chi connectivity index (χ1n) is 3.74. The number of rotatable bonds is 2. The molecule has 0 aliphatic rings. The Labute approximate surface area is 145 Å². The van der Waals surface area contributed by atoms with E-state index in [0.29, 0.717) is 0 Å². The minimum Gasteiger partial charge on any atom is -0.358 e. The second-order valence-electron chi connectivity index (χ2n) is 2.57. The van der Waals surface area contributed by atoms with Crippen molar-refractivity contribution in [2.45, 2.75) is 19.8 Å². The van der Waals surface area contributed by atoms with E-state index < -0.39 is 0 Å². The third kappa shape index (κ3) is 8.64. The van der Waals surface area contributed by atoms with Crippen molar-refractivity contribution in [3.8, 4) is 0 Å².